The van der Waals surface area contributed by atoms with Gasteiger partial charge < -0.3 is 10.1 Å². The molecule has 0 aliphatic carbocycles. The second-order valence-corrected chi connectivity index (χ2v) is 5.77. The molecule has 1 atom stereocenters. The zero-order valence-electron chi connectivity index (χ0n) is 13.9. The molecule has 0 saturated carbocycles. The lowest BCUT2D eigenvalue weighted by Crippen LogP contribution is -2.30. The molecule has 2 rings (SSSR count). The van der Waals surface area contributed by atoms with Crippen molar-refractivity contribution in [2.75, 3.05) is 5.32 Å². The summed E-state index contributed by atoms with van der Waals surface area (Å²) in [5, 5.41) is 2.90. The van der Waals surface area contributed by atoms with Crippen LogP contribution in [0.25, 0.3) is 0 Å². The number of ether oxygens (including phenoxy) is 1. The topological polar surface area (TPSA) is 38.3 Å². The number of hydrogen-bond donors (Lipinski definition) is 1. The molecule has 1 N–H and O–H groups in total. The van der Waals surface area contributed by atoms with Crippen molar-refractivity contribution in [1.29, 1.82) is 0 Å². The summed E-state index contributed by atoms with van der Waals surface area (Å²) in [6.45, 7) is 9.81. The van der Waals surface area contributed by atoms with E-state index in [0.29, 0.717) is 0 Å². The summed E-state index contributed by atoms with van der Waals surface area (Å²) in [6, 6.07) is 11.8. The van der Waals surface area contributed by atoms with Gasteiger partial charge in [-0.3, -0.25) is 4.79 Å². The number of anilines is 1. The number of carbonyl (C=O) groups is 1. The molecular weight excluding hydrogens is 274 g/mol. The fraction of sp³-hybridized carbons (Fsp3) is 0.316. The van der Waals surface area contributed by atoms with Gasteiger partial charge in [0.25, 0.3) is 5.91 Å². The average molecular weight is 297 g/mol. The van der Waals surface area contributed by atoms with Gasteiger partial charge in [-0.1, -0.05) is 24.3 Å². The first-order chi connectivity index (χ1) is 10.4. The zero-order chi connectivity index (χ0) is 16.3. The van der Waals surface area contributed by atoms with Crippen LogP contribution in [0.4, 0.5) is 5.69 Å². The quantitative estimate of drug-likeness (QED) is 0.912. The molecule has 3 heteroatoms. The van der Waals surface area contributed by atoms with Crippen LogP contribution < -0.4 is 10.1 Å². The lowest BCUT2D eigenvalue weighted by atomic mass is 10.1. The van der Waals surface area contributed by atoms with Gasteiger partial charge in [-0.15, -0.1) is 0 Å². The third-order valence-corrected chi connectivity index (χ3v) is 3.85. The molecule has 1 amide bonds. The maximum atomic E-state index is 12.3. The summed E-state index contributed by atoms with van der Waals surface area (Å²) in [5.41, 5.74) is 5.22. The third-order valence-electron chi connectivity index (χ3n) is 3.85. The summed E-state index contributed by atoms with van der Waals surface area (Å²) in [4.78, 5) is 12.3. The maximum absolute atomic E-state index is 12.3. The number of carbonyl (C=O) groups excluding carboxylic acids is 1. The molecule has 116 valence electrons. The predicted octanol–water partition coefficient (Wildman–Crippen LogP) is 4.33. The van der Waals surface area contributed by atoms with Gasteiger partial charge in [0.15, 0.2) is 6.10 Å². The first-order valence-corrected chi connectivity index (χ1v) is 7.49. The van der Waals surface area contributed by atoms with Crippen molar-refractivity contribution in [2.24, 2.45) is 0 Å². The Hall–Kier alpha value is -2.29. The number of aryl methyl sites for hydroxylation is 4. The molecule has 2 aromatic carbocycles. The third kappa shape index (κ3) is 3.67. The smallest absolute Gasteiger partial charge is 0.265 e. The minimum atomic E-state index is -0.554. The van der Waals surface area contributed by atoms with Gasteiger partial charge in [-0.25, -0.2) is 0 Å². The molecule has 0 heterocycles. The van der Waals surface area contributed by atoms with Crippen LogP contribution in [0.15, 0.2) is 36.4 Å². The summed E-state index contributed by atoms with van der Waals surface area (Å²) >= 11 is 0. The standard InChI is InChI=1S/C19H23NO2/c1-12-9-10-17(11-15(12)4)20-19(21)16(5)22-18-13(2)7-6-8-14(18)3/h6-11,16H,1-5H3,(H,20,21)/t16-/m1/s1. The van der Waals surface area contributed by atoms with E-state index in [2.05, 4.69) is 5.32 Å². The van der Waals surface area contributed by atoms with Gasteiger partial charge in [0.2, 0.25) is 0 Å². The molecule has 22 heavy (non-hydrogen) atoms. The van der Waals surface area contributed by atoms with Gasteiger partial charge in [-0.05, 0) is 69.0 Å². The number of benzene rings is 2. The van der Waals surface area contributed by atoms with E-state index in [0.717, 1.165) is 28.1 Å². The van der Waals surface area contributed by atoms with Crippen molar-refractivity contribution >= 4 is 11.6 Å². The Morgan fingerprint density at radius 2 is 1.59 bits per heavy atom. The summed E-state index contributed by atoms with van der Waals surface area (Å²) < 4.78 is 5.85. The molecule has 0 aliphatic heterocycles. The average Bonchev–Trinajstić information content (AvgIpc) is 2.46. The van der Waals surface area contributed by atoms with Crippen molar-refractivity contribution in [1.82, 2.24) is 0 Å². The molecule has 0 radical (unpaired) electrons. The van der Waals surface area contributed by atoms with Gasteiger partial charge in [0.1, 0.15) is 5.75 Å². The first kappa shape index (κ1) is 16.1. The largest absolute Gasteiger partial charge is 0.480 e. The fourth-order valence-corrected chi connectivity index (χ4v) is 2.28. The highest BCUT2D eigenvalue weighted by atomic mass is 16.5. The van der Waals surface area contributed by atoms with Crippen molar-refractivity contribution < 1.29 is 9.53 Å². The Morgan fingerprint density at radius 1 is 0.955 bits per heavy atom. The summed E-state index contributed by atoms with van der Waals surface area (Å²) in [7, 11) is 0. The lowest BCUT2D eigenvalue weighted by molar-refractivity contribution is -0.122. The molecule has 0 unspecified atom stereocenters. The van der Waals surface area contributed by atoms with E-state index in [9.17, 15) is 4.79 Å². The molecule has 0 aromatic heterocycles. The van der Waals surface area contributed by atoms with Gasteiger partial charge in [0.05, 0.1) is 0 Å². The van der Waals surface area contributed by atoms with E-state index in [-0.39, 0.29) is 5.91 Å². The van der Waals surface area contributed by atoms with Crippen molar-refractivity contribution in [3.05, 3.63) is 58.7 Å². The highest BCUT2D eigenvalue weighted by molar-refractivity contribution is 5.94. The molecule has 2 aromatic rings. The monoisotopic (exact) mass is 297 g/mol. The van der Waals surface area contributed by atoms with Crippen molar-refractivity contribution in [2.45, 2.75) is 40.7 Å². The van der Waals surface area contributed by atoms with E-state index in [1.165, 1.54) is 5.56 Å². The van der Waals surface area contributed by atoms with E-state index >= 15 is 0 Å². The van der Waals surface area contributed by atoms with E-state index in [1.54, 1.807) is 6.92 Å². The van der Waals surface area contributed by atoms with Crippen molar-refractivity contribution in [3.63, 3.8) is 0 Å². The van der Waals surface area contributed by atoms with Crippen LogP contribution in [0.1, 0.15) is 29.2 Å². The van der Waals surface area contributed by atoms with Crippen LogP contribution in [-0.4, -0.2) is 12.0 Å². The van der Waals surface area contributed by atoms with Gasteiger partial charge in [0, 0.05) is 5.69 Å². The van der Waals surface area contributed by atoms with E-state index in [4.69, 9.17) is 4.74 Å². The lowest BCUT2D eigenvalue weighted by Gasteiger charge is -2.18. The number of hydrogen-bond acceptors (Lipinski definition) is 2. The SMILES string of the molecule is Cc1ccc(NC(=O)[C@@H](C)Oc2c(C)cccc2C)cc1C. The van der Waals surface area contributed by atoms with E-state index < -0.39 is 6.10 Å². The Morgan fingerprint density at radius 3 is 2.18 bits per heavy atom. The molecular formula is C19H23NO2. The van der Waals surface area contributed by atoms with Crippen LogP contribution in [-0.2, 0) is 4.79 Å². The Balaban J connectivity index is 2.07. The number of nitrogens with one attached hydrogen (secondary N) is 1. The normalized spacial score (nSPS) is 11.9. The molecule has 0 spiro atoms. The Bertz CT molecular complexity index is 672. The minimum Gasteiger partial charge on any atom is -0.480 e. The van der Waals surface area contributed by atoms with Crippen LogP contribution in [0.3, 0.4) is 0 Å². The van der Waals surface area contributed by atoms with Gasteiger partial charge in [-0.2, -0.15) is 0 Å². The summed E-state index contributed by atoms with van der Waals surface area (Å²) in [6.07, 6.45) is -0.554. The molecule has 0 bridgehead atoms. The van der Waals surface area contributed by atoms with Crippen LogP contribution in [0, 0.1) is 27.7 Å². The highest BCUT2D eigenvalue weighted by Gasteiger charge is 2.17. The Labute approximate surface area is 132 Å². The predicted molar refractivity (Wildman–Crippen MR) is 90.6 cm³/mol. The molecule has 0 saturated heterocycles. The number of rotatable bonds is 4. The Kier molecular flexibility index (Phi) is 4.86. The second-order valence-electron chi connectivity index (χ2n) is 5.77. The molecule has 3 nitrogen and oxygen atoms in total. The molecule has 0 fully saturated rings. The minimum absolute atomic E-state index is 0.147. The van der Waals surface area contributed by atoms with Gasteiger partial charge >= 0.3 is 0 Å². The molecule has 0 aliphatic rings. The summed E-state index contributed by atoms with van der Waals surface area (Å²) in [5.74, 6) is 0.635. The first-order valence-electron chi connectivity index (χ1n) is 7.49. The fourth-order valence-electron chi connectivity index (χ4n) is 2.28. The number of amides is 1. The second kappa shape index (κ2) is 6.65. The van der Waals surface area contributed by atoms with Crippen LogP contribution in [0.2, 0.25) is 0 Å². The zero-order valence-corrected chi connectivity index (χ0v) is 13.9. The highest BCUT2D eigenvalue weighted by Crippen LogP contribution is 2.24. The maximum Gasteiger partial charge on any atom is 0.265 e. The van der Waals surface area contributed by atoms with E-state index in [1.807, 2.05) is 64.1 Å². The van der Waals surface area contributed by atoms with Crippen molar-refractivity contribution in [3.8, 4) is 5.75 Å². The van der Waals surface area contributed by atoms with Crippen LogP contribution in [0.5, 0.6) is 5.75 Å². The number of para-hydroxylation sites is 1. The van der Waals surface area contributed by atoms with Crippen LogP contribution >= 0.6 is 0 Å².